The lowest BCUT2D eigenvalue weighted by molar-refractivity contribution is -0.274. The Kier molecular flexibility index (Phi) is 14.2. The zero-order valence-electron chi connectivity index (χ0n) is 26.9. The number of carbonyl (C=O) groups is 2. The average Bonchev–Trinajstić information content (AvgIpc) is 3.01. The van der Waals surface area contributed by atoms with E-state index >= 15 is 4.39 Å². The molecule has 49 heavy (non-hydrogen) atoms. The molecule has 0 unspecified atom stereocenters. The third-order valence-electron chi connectivity index (χ3n) is 7.27. The van der Waals surface area contributed by atoms with Crippen LogP contribution in [0.1, 0.15) is 48.2 Å². The van der Waals surface area contributed by atoms with Crippen LogP contribution in [0, 0.1) is 5.82 Å². The maximum Gasteiger partial charge on any atom is 0.573 e. The number of halogens is 4. The summed E-state index contributed by atoms with van der Waals surface area (Å²) < 4.78 is 84.5. The molecule has 0 radical (unpaired) electrons. The predicted octanol–water partition coefficient (Wildman–Crippen LogP) is 4.67. The molecule has 268 valence electrons. The van der Waals surface area contributed by atoms with E-state index in [9.17, 15) is 31.5 Å². The number of ether oxygens (including phenoxy) is 1. The first-order valence-electron chi connectivity index (χ1n) is 15.4. The lowest BCUT2D eigenvalue weighted by Crippen LogP contribution is -2.49. The Morgan fingerprint density at radius 2 is 1.71 bits per heavy atom. The smallest absolute Gasteiger partial charge is 0.483 e. The number of aliphatic hydroxyl groups is 1. The van der Waals surface area contributed by atoms with Gasteiger partial charge in [-0.15, -0.1) is 13.2 Å². The summed E-state index contributed by atoms with van der Waals surface area (Å²) in [4.78, 5) is 22.0. The summed E-state index contributed by atoms with van der Waals surface area (Å²) in [5, 5.41) is 26.9. The highest BCUT2D eigenvalue weighted by atomic mass is 32.2. The third-order valence-corrected chi connectivity index (χ3v) is 9.12. The van der Waals surface area contributed by atoms with Crippen molar-refractivity contribution in [3.8, 4) is 5.75 Å². The number of nitrogens with zero attached hydrogens (tertiary/aromatic N) is 1. The second kappa shape index (κ2) is 17.8. The third kappa shape index (κ3) is 12.2. The monoisotopic (exact) mass is 712 g/mol. The molecule has 2 atom stereocenters. The number of carbonyl (C=O) groups excluding carboxylic acids is 1. The second-order valence-corrected chi connectivity index (χ2v) is 13.5. The van der Waals surface area contributed by atoms with Crippen molar-refractivity contribution in [2.45, 2.75) is 64.2 Å². The summed E-state index contributed by atoms with van der Waals surface area (Å²) in [5.74, 6) is -2.36. The molecule has 1 fully saturated rings. The lowest BCUT2D eigenvalue weighted by atomic mass is 10.00. The van der Waals surface area contributed by atoms with Crippen molar-refractivity contribution in [2.75, 3.05) is 28.5 Å². The molecule has 0 aliphatic carbocycles. The average molecular weight is 713 g/mol. The van der Waals surface area contributed by atoms with Gasteiger partial charge in [-0.2, -0.15) is 0 Å². The highest BCUT2D eigenvalue weighted by Crippen LogP contribution is 2.32. The van der Waals surface area contributed by atoms with E-state index in [4.69, 9.17) is 9.90 Å². The SMILES string of the molecule is CC(C)Nc1cc(C(=O)N[C@@H](Cc2ccccc2)[C@H](O)CNCc2cccc(OC(F)(F)F)c2)c(F)c(N2CCCCS2(=O)=O)c1.O=CO. The van der Waals surface area contributed by atoms with Crippen molar-refractivity contribution in [1.29, 1.82) is 0 Å². The van der Waals surface area contributed by atoms with Crippen LogP contribution in [0.25, 0.3) is 0 Å². The highest BCUT2D eigenvalue weighted by molar-refractivity contribution is 7.92. The number of alkyl halides is 3. The van der Waals surface area contributed by atoms with Crippen LogP contribution in [-0.2, 0) is 27.8 Å². The number of rotatable bonds is 13. The Morgan fingerprint density at radius 1 is 1.04 bits per heavy atom. The molecule has 0 saturated carbocycles. The van der Waals surface area contributed by atoms with Gasteiger partial charge in [0.15, 0.2) is 5.82 Å². The molecular weight excluding hydrogens is 672 g/mol. The van der Waals surface area contributed by atoms with Gasteiger partial charge in [0.05, 0.1) is 29.1 Å². The van der Waals surface area contributed by atoms with Crippen molar-refractivity contribution < 1.29 is 50.5 Å². The quantitative estimate of drug-likeness (QED) is 0.126. The molecule has 0 bridgehead atoms. The summed E-state index contributed by atoms with van der Waals surface area (Å²) >= 11 is 0. The zero-order valence-corrected chi connectivity index (χ0v) is 27.7. The summed E-state index contributed by atoms with van der Waals surface area (Å²) in [6.45, 7) is 3.54. The molecule has 3 aromatic carbocycles. The van der Waals surface area contributed by atoms with Gasteiger partial charge in [-0.25, -0.2) is 12.8 Å². The fraction of sp³-hybridized carbons (Fsp3) is 0.394. The molecule has 3 aromatic rings. The van der Waals surface area contributed by atoms with Gasteiger partial charge in [-0.05, 0) is 68.5 Å². The standard InChI is InChI=1S/C32H38F4N4O5S.CH2O2/c1-21(2)38-24-17-26(30(33)28(18-24)40-13-6-7-14-46(40,43)44)31(42)39-27(16-22-9-4-3-5-10-22)29(41)20-37-19-23-11-8-12-25(15-23)45-32(34,35)36;2-1-3/h3-5,8-12,15,17-18,21,27,29,37-38,41H,6-7,13-14,16,19-20H2,1-2H3,(H,39,42);1H,(H,2,3)/t27-,29+;/m0./s1. The van der Waals surface area contributed by atoms with Gasteiger partial charge >= 0.3 is 6.36 Å². The molecule has 4 rings (SSSR count). The van der Waals surface area contributed by atoms with Crippen LogP contribution in [0.15, 0.2) is 66.7 Å². The van der Waals surface area contributed by atoms with Crippen molar-refractivity contribution >= 4 is 33.8 Å². The van der Waals surface area contributed by atoms with Crippen LogP contribution in [0.5, 0.6) is 5.75 Å². The van der Waals surface area contributed by atoms with Crippen molar-refractivity contribution in [2.24, 2.45) is 0 Å². The van der Waals surface area contributed by atoms with Gasteiger partial charge < -0.3 is 30.9 Å². The highest BCUT2D eigenvalue weighted by Gasteiger charge is 2.33. The minimum absolute atomic E-state index is 0.0726. The fourth-order valence-corrected chi connectivity index (χ4v) is 6.82. The van der Waals surface area contributed by atoms with Gasteiger partial charge in [-0.3, -0.25) is 13.9 Å². The Morgan fingerprint density at radius 3 is 2.35 bits per heavy atom. The zero-order chi connectivity index (χ0) is 36.2. The van der Waals surface area contributed by atoms with E-state index in [1.807, 2.05) is 19.9 Å². The van der Waals surface area contributed by atoms with Gasteiger partial charge in [0.25, 0.3) is 12.4 Å². The maximum atomic E-state index is 16.0. The van der Waals surface area contributed by atoms with Crippen LogP contribution < -0.4 is 25.0 Å². The molecule has 11 nitrogen and oxygen atoms in total. The van der Waals surface area contributed by atoms with E-state index in [0.717, 1.165) is 9.87 Å². The van der Waals surface area contributed by atoms with Crippen LogP contribution in [0.2, 0.25) is 0 Å². The Hall–Kier alpha value is -4.41. The lowest BCUT2D eigenvalue weighted by Gasteiger charge is -2.30. The topological polar surface area (TPSA) is 157 Å². The number of sulfonamides is 1. The van der Waals surface area contributed by atoms with Crippen LogP contribution in [0.4, 0.5) is 28.9 Å². The Balaban J connectivity index is 0.00000209. The molecule has 0 aromatic heterocycles. The van der Waals surface area contributed by atoms with Crippen LogP contribution in [0.3, 0.4) is 0 Å². The molecule has 5 N–H and O–H groups in total. The molecular formula is C33H40F4N4O7S. The molecule has 16 heteroatoms. The molecule has 1 amide bonds. The predicted molar refractivity (Wildman–Crippen MR) is 176 cm³/mol. The van der Waals surface area contributed by atoms with E-state index in [1.165, 1.54) is 30.3 Å². The first-order valence-corrected chi connectivity index (χ1v) is 17.0. The molecule has 1 heterocycles. The van der Waals surface area contributed by atoms with Crippen molar-refractivity contribution in [3.05, 3.63) is 89.2 Å². The Labute approximate surface area is 282 Å². The van der Waals surface area contributed by atoms with E-state index in [1.54, 1.807) is 30.3 Å². The van der Waals surface area contributed by atoms with E-state index < -0.39 is 40.3 Å². The van der Waals surface area contributed by atoms with Crippen LogP contribution >= 0.6 is 0 Å². The normalized spacial score (nSPS) is 15.4. The van der Waals surface area contributed by atoms with E-state index in [0.29, 0.717) is 24.1 Å². The number of benzene rings is 3. The maximum absolute atomic E-state index is 16.0. The number of nitrogens with one attached hydrogen (secondary N) is 3. The summed E-state index contributed by atoms with van der Waals surface area (Å²) in [6, 6.07) is 16.1. The summed E-state index contributed by atoms with van der Waals surface area (Å²) in [6.07, 6.45) is -4.88. The number of amides is 1. The van der Waals surface area contributed by atoms with Crippen molar-refractivity contribution in [1.82, 2.24) is 10.6 Å². The van der Waals surface area contributed by atoms with Gasteiger partial charge in [0.2, 0.25) is 10.0 Å². The summed E-state index contributed by atoms with van der Waals surface area (Å²) in [5.41, 5.74) is 0.986. The Bertz CT molecular complexity index is 1640. The first-order chi connectivity index (χ1) is 23.1. The first kappa shape index (κ1) is 39.0. The van der Waals surface area contributed by atoms with Crippen LogP contribution in [-0.4, -0.2) is 74.4 Å². The van der Waals surface area contributed by atoms with Gasteiger partial charge in [0.1, 0.15) is 5.75 Å². The molecule has 0 spiro atoms. The number of hydrogen-bond donors (Lipinski definition) is 5. The molecule has 1 saturated heterocycles. The van der Waals surface area contributed by atoms with Gasteiger partial charge in [0, 0.05) is 31.4 Å². The molecule has 1 aliphatic heterocycles. The minimum Gasteiger partial charge on any atom is -0.483 e. The van der Waals surface area contributed by atoms with Crippen molar-refractivity contribution in [3.63, 3.8) is 0 Å². The number of hydrogen-bond acceptors (Lipinski definition) is 8. The number of carboxylic acid groups (broad SMARTS) is 1. The number of anilines is 2. The summed E-state index contributed by atoms with van der Waals surface area (Å²) in [7, 11) is -3.79. The minimum atomic E-state index is -4.84. The van der Waals surface area contributed by atoms with E-state index in [-0.39, 0.29) is 61.3 Å². The fourth-order valence-electron chi connectivity index (χ4n) is 5.19. The van der Waals surface area contributed by atoms with E-state index in [2.05, 4.69) is 20.7 Å². The second-order valence-electron chi connectivity index (χ2n) is 11.5. The molecule has 1 aliphatic rings. The van der Waals surface area contributed by atoms with Gasteiger partial charge in [-0.1, -0.05) is 42.5 Å². The largest absolute Gasteiger partial charge is 0.573 e. The number of aliphatic hydroxyl groups excluding tert-OH is 1.